The Bertz CT molecular complexity index is 321. The van der Waals surface area contributed by atoms with Gasteiger partial charge in [-0.1, -0.05) is 0 Å². The van der Waals surface area contributed by atoms with Crippen molar-refractivity contribution in [1.82, 2.24) is 19.8 Å². The number of likely N-dealkylation sites (tertiary alicyclic amines) is 1. The zero-order valence-corrected chi connectivity index (χ0v) is 10.3. The number of hydrogen-bond acceptors (Lipinski definition) is 3. The second-order valence-electron chi connectivity index (χ2n) is 4.65. The van der Waals surface area contributed by atoms with Crippen LogP contribution in [0.3, 0.4) is 0 Å². The third-order valence-electron chi connectivity index (χ3n) is 3.50. The molecular formula is C12H22N4. The maximum absolute atomic E-state index is 4.21. The topological polar surface area (TPSA) is 33.1 Å². The fourth-order valence-electron chi connectivity index (χ4n) is 2.35. The fraction of sp³-hybridized carbons (Fsp3) is 0.750. The Morgan fingerprint density at radius 2 is 2.44 bits per heavy atom. The van der Waals surface area contributed by atoms with Crippen LogP contribution in [-0.2, 0) is 6.54 Å². The number of likely N-dealkylation sites (N-methyl/N-ethyl adjacent to an activating group) is 1. The predicted octanol–water partition coefficient (Wildman–Crippen LogP) is 0.875. The summed E-state index contributed by atoms with van der Waals surface area (Å²) < 4.78 is 2.19. The van der Waals surface area contributed by atoms with E-state index in [-0.39, 0.29) is 0 Å². The molecule has 1 unspecified atom stereocenters. The van der Waals surface area contributed by atoms with E-state index in [4.69, 9.17) is 0 Å². The molecule has 1 fully saturated rings. The van der Waals surface area contributed by atoms with Crippen LogP contribution in [0.4, 0.5) is 0 Å². The van der Waals surface area contributed by atoms with E-state index >= 15 is 0 Å². The molecule has 2 rings (SSSR count). The maximum Gasteiger partial charge on any atom is 0.105 e. The van der Waals surface area contributed by atoms with Crippen molar-refractivity contribution in [1.29, 1.82) is 0 Å². The summed E-state index contributed by atoms with van der Waals surface area (Å²) in [6.45, 7) is 6.46. The average molecular weight is 222 g/mol. The number of aryl methyl sites for hydroxylation is 1. The SMILES string of the molecule is Cc1nccn1CCNCC1CCCN1C. The second-order valence-corrected chi connectivity index (χ2v) is 4.65. The molecular weight excluding hydrogens is 200 g/mol. The quantitative estimate of drug-likeness (QED) is 0.751. The van der Waals surface area contributed by atoms with E-state index in [2.05, 4.69) is 26.8 Å². The Labute approximate surface area is 97.7 Å². The van der Waals surface area contributed by atoms with Gasteiger partial charge < -0.3 is 14.8 Å². The van der Waals surface area contributed by atoms with E-state index < -0.39 is 0 Å². The zero-order chi connectivity index (χ0) is 11.4. The predicted molar refractivity (Wildman–Crippen MR) is 65.5 cm³/mol. The van der Waals surface area contributed by atoms with Gasteiger partial charge in [0.2, 0.25) is 0 Å². The molecule has 1 aliphatic heterocycles. The molecule has 0 saturated carbocycles. The molecule has 4 heteroatoms. The largest absolute Gasteiger partial charge is 0.334 e. The van der Waals surface area contributed by atoms with E-state index in [1.165, 1.54) is 19.4 Å². The summed E-state index contributed by atoms with van der Waals surface area (Å²) in [5.74, 6) is 1.10. The highest BCUT2D eigenvalue weighted by Crippen LogP contribution is 2.13. The molecule has 0 bridgehead atoms. The smallest absolute Gasteiger partial charge is 0.105 e. The molecule has 1 saturated heterocycles. The average Bonchev–Trinajstić information content (AvgIpc) is 2.84. The molecule has 0 aromatic carbocycles. The number of rotatable bonds is 5. The van der Waals surface area contributed by atoms with E-state index in [1.54, 1.807) is 0 Å². The first-order chi connectivity index (χ1) is 7.77. The monoisotopic (exact) mass is 222 g/mol. The number of nitrogens with zero attached hydrogens (tertiary/aromatic N) is 3. The first kappa shape index (κ1) is 11.6. The van der Waals surface area contributed by atoms with Gasteiger partial charge in [0.25, 0.3) is 0 Å². The second kappa shape index (κ2) is 5.46. The van der Waals surface area contributed by atoms with Crippen molar-refractivity contribution in [2.75, 3.05) is 26.7 Å². The van der Waals surface area contributed by atoms with Crippen LogP contribution in [0, 0.1) is 6.92 Å². The van der Waals surface area contributed by atoms with Gasteiger partial charge in [-0.05, 0) is 33.4 Å². The highest BCUT2D eigenvalue weighted by atomic mass is 15.2. The lowest BCUT2D eigenvalue weighted by Gasteiger charge is -2.19. The van der Waals surface area contributed by atoms with Gasteiger partial charge in [-0.2, -0.15) is 0 Å². The van der Waals surface area contributed by atoms with Crippen molar-refractivity contribution in [3.8, 4) is 0 Å². The Morgan fingerprint density at radius 3 is 3.06 bits per heavy atom. The Hall–Kier alpha value is -0.870. The molecule has 1 N–H and O–H groups in total. The highest BCUT2D eigenvalue weighted by molar-refractivity contribution is 4.88. The maximum atomic E-state index is 4.21. The van der Waals surface area contributed by atoms with E-state index in [0.717, 1.165) is 31.5 Å². The Balaban J connectivity index is 1.63. The number of hydrogen-bond donors (Lipinski definition) is 1. The summed E-state index contributed by atoms with van der Waals surface area (Å²) in [5, 5.41) is 3.53. The lowest BCUT2D eigenvalue weighted by molar-refractivity contribution is 0.299. The normalized spacial score (nSPS) is 21.8. The molecule has 1 aromatic heterocycles. The van der Waals surface area contributed by atoms with Gasteiger partial charge in [0, 0.05) is 38.1 Å². The third-order valence-corrected chi connectivity index (χ3v) is 3.50. The van der Waals surface area contributed by atoms with Crippen LogP contribution in [0.25, 0.3) is 0 Å². The molecule has 0 spiro atoms. The van der Waals surface area contributed by atoms with Crippen LogP contribution in [-0.4, -0.2) is 47.2 Å². The summed E-state index contributed by atoms with van der Waals surface area (Å²) in [5.41, 5.74) is 0. The van der Waals surface area contributed by atoms with Crippen molar-refractivity contribution < 1.29 is 0 Å². The first-order valence-corrected chi connectivity index (χ1v) is 6.16. The molecule has 0 radical (unpaired) electrons. The molecule has 1 atom stereocenters. The molecule has 1 aliphatic rings. The van der Waals surface area contributed by atoms with Gasteiger partial charge in [0.05, 0.1) is 0 Å². The molecule has 90 valence electrons. The van der Waals surface area contributed by atoms with Gasteiger partial charge in [0.1, 0.15) is 5.82 Å². The first-order valence-electron chi connectivity index (χ1n) is 6.16. The minimum atomic E-state index is 0.740. The van der Waals surface area contributed by atoms with Crippen molar-refractivity contribution in [3.63, 3.8) is 0 Å². The van der Waals surface area contributed by atoms with Crippen LogP contribution in [0.2, 0.25) is 0 Å². The van der Waals surface area contributed by atoms with Crippen LogP contribution >= 0.6 is 0 Å². The van der Waals surface area contributed by atoms with Crippen LogP contribution < -0.4 is 5.32 Å². The zero-order valence-electron chi connectivity index (χ0n) is 10.3. The van der Waals surface area contributed by atoms with E-state index in [9.17, 15) is 0 Å². The lowest BCUT2D eigenvalue weighted by Crippen LogP contribution is -2.36. The summed E-state index contributed by atoms with van der Waals surface area (Å²) in [6, 6.07) is 0.740. The fourth-order valence-corrected chi connectivity index (χ4v) is 2.35. The summed E-state index contributed by atoms with van der Waals surface area (Å²) >= 11 is 0. The number of imidazole rings is 1. The summed E-state index contributed by atoms with van der Waals surface area (Å²) in [6.07, 6.45) is 6.59. The van der Waals surface area contributed by atoms with Crippen molar-refractivity contribution in [3.05, 3.63) is 18.2 Å². The lowest BCUT2D eigenvalue weighted by atomic mass is 10.2. The van der Waals surface area contributed by atoms with Crippen LogP contribution in [0.1, 0.15) is 18.7 Å². The Kier molecular flexibility index (Phi) is 3.96. The molecule has 0 aliphatic carbocycles. The summed E-state index contributed by atoms with van der Waals surface area (Å²) in [4.78, 5) is 6.67. The summed E-state index contributed by atoms with van der Waals surface area (Å²) in [7, 11) is 2.22. The molecule has 1 aromatic rings. The van der Waals surface area contributed by atoms with Crippen molar-refractivity contribution in [2.24, 2.45) is 0 Å². The molecule has 4 nitrogen and oxygen atoms in total. The minimum absolute atomic E-state index is 0.740. The molecule has 16 heavy (non-hydrogen) atoms. The van der Waals surface area contributed by atoms with E-state index in [0.29, 0.717) is 0 Å². The van der Waals surface area contributed by atoms with Crippen molar-refractivity contribution in [2.45, 2.75) is 32.4 Å². The van der Waals surface area contributed by atoms with E-state index in [1.807, 2.05) is 19.3 Å². The number of aromatic nitrogens is 2. The number of nitrogens with one attached hydrogen (secondary N) is 1. The molecule has 0 amide bonds. The van der Waals surface area contributed by atoms with Gasteiger partial charge in [-0.25, -0.2) is 4.98 Å². The minimum Gasteiger partial charge on any atom is -0.334 e. The van der Waals surface area contributed by atoms with Crippen LogP contribution in [0.5, 0.6) is 0 Å². The van der Waals surface area contributed by atoms with Gasteiger partial charge >= 0.3 is 0 Å². The third kappa shape index (κ3) is 2.83. The van der Waals surface area contributed by atoms with Gasteiger partial charge in [-0.15, -0.1) is 0 Å². The van der Waals surface area contributed by atoms with Gasteiger partial charge in [-0.3, -0.25) is 0 Å². The highest BCUT2D eigenvalue weighted by Gasteiger charge is 2.19. The molecule has 2 heterocycles. The van der Waals surface area contributed by atoms with Crippen molar-refractivity contribution >= 4 is 0 Å². The standard InChI is InChI=1S/C12H22N4/c1-11-14-6-9-16(11)8-5-13-10-12-4-3-7-15(12)2/h6,9,12-13H,3-5,7-8,10H2,1-2H3. The van der Waals surface area contributed by atoms with Gasteiger partial charge in [0.15, 0.2) is 0 Å². The Morgan fingerprint density at radius 1 is 1.56 bits per heavy atom. The van der Waals surface area contributed by atoms with Crippen LogP contribution in [0.15, 0.2) is 12.4 Å².